The molecule has 8 heteroatoms. The van der Waals surface area contributed by atoms with Gasteiger partial charge in [0, 0.05) is 32.1 Å². The van der Waals surface area contributed by atoms with E-state index in [1.165, 1.54) is 4.57 Å². The number of para-hydroxylation sites is 1. The Hall–Kier alpha value is -2.90. The molecule has 0 saturated carbocycles. The summed E-state index contributed by atoms with van der Waals surface area (Å²) in [4.78, 5) is 55.4. The molecular formula is C20H24N4O4. The molecule has 0 bridgehead atoms. The summed E-state index contributed by atoms with van der Waals surface area (Å²) in [5, 5.41) is 0.379. The van der Waals surface area contributed by atoms with Crippen LogP contribution in [0.4, 0.5) is 0 Å². The Balaban J connectivity index is 1.44. The van der Waals surface area contributed by atoms with Crippen molar-refractivity contribution in [2.45, 2.75) is 32.2 Å². The van der Waals surface area contributed by atoms with Crippen LogP contribution in [0.25, 0.3) is 10.9 Å². The van der Waals surface area contributed by atoms with Crippen molar-refractivity contribution >= 4 is 22.7 Å². The maximum absolute atomic E-state index is 12.8. The number of nitrogens with one attached hydrogen (secondary N) is 1. The lowest BCUT2D eigenvalue weighted by Crippen LogP contribution is -2.45. The number of likely N-dealkylation sites (tertiary alicyclic amines) is 2. The van der Waals surface area contributed by atoms with Gasteiger partial charge in [-0.05, 0) is 37.8 Å². The minimum Gasteiger partial charge on any atom is -0.342 e. The van der Waals surface area contributed by atoms with Gasteiger partial charge < -0.3 is 9.80 Å². The van der Waals surface area contributed by atoms with Gasteiger partial charge in [-0.15, -0.1) is 0 Å². The van der Waals surface area contributed by atoms with Crippen molar-refractivity contribution in [1.29, 1.82) is 0 Å². The third-order valence-corrected chi connectivity index (χ3v) is 5.81. The fourth-order valence-electron chi connectivity index (χ4n) is 4.21. The van der Waals surface area contributed by atoms with Gasteiger partial charge in [0.1, 0.15) is 6.54 Å². The van der Waals surface area contributed by atoms with Gasteiger partial charge in [0.2, 0.25) is 11.8 Å². The second-order valence-corrected chi connectivity index (χ2v) is 7.55. The molecule has 0 radical (unpaired) electrons. The molecular weight excluding hydrogens is 360 g/mol. The first-order valence-corrected chi connectivity index (χ1v) is 9.83. The van der Waals surface area contributed by atoms with Gasteiger partial charge in [-0.3, -0.25) is 23.9 Å². The molecule has 3 heterocycles. The molecule has 0 aliphatic carbocycles. The second kappa shape index (κ2) is 7.61. The van der Waals surface area contributed by atoms with Gasteiger partial charge in [0.15, 0.2) is 0 Å². The maximum atomic E-state index is 12.8. The Kier molecular flexibility index (Phi) is 5.02. The van der Waals surface area contributed by atoms with Crippen molar-refractivity contribution in [3.05, 3.63) is 45.1 Å². The van der Waals surface area contributed by atoms with Crippen molar-refractivity contribution in [2.75, 3.05) is 26.2 Å². The van der Waals surface area contributed by atoms with Crippen molar-refractivity contribution < 1.29 is 9.59 Å². The van der Waals surface area contributed by atoms with Crippen LogP contribution < -0.4 is 11.2 Å². The number of carbonyl (C=O) groups excluding carboxylic acids is 2. The van der Waals surface area contributed by atoms with Crippen LogP contribution in [0, 0.1) is 5.92 Å². The van der Waals surface area contributed by atoms with E-state index < -0.39 is 11.2 Å². The Bertz CT molecular complexity index is 1010. The van der Waals surface area contributed by atoms with E-state index in [4.69, 9.17) is 0 Å². The molecule has 2 amide bonds. The molecule has 8 nitrogen and oxygen atoms in total. The summed E-state index contributed by atoms with van der Waals surface area (Å²) in [6.45, 7) is 2.60. The topological polar surface area (TPSA) is 95.5 Å². The van der Waals surface area contributed by atoms with Gasteiger partial charge in [-0.25, -0.2) is 4.79 Å². The number of benzene rings is 1. The summed E-state index contributed by atoms with van der Waals surface area (Å²) >= 11 is 0. The Morgan fingerprint density at radius 1 is 0.964 bits per heavy atom. The number of amides is 2. The Morgan fingerprint density at radius 2 is 1.64 bits per heavy atom. The molecule has 0 atom stereocenters. The van der Waals surface area contributed by atoms with E-state index in [9.17, 15) is 19.2 Å². The molecule has 2 fully saturated rings. The Labute approximate surface area is 161 Å². The van der Waals surface area contributed by atoms with Gasteiger partial charge >= 0.3 is 5.69 Å². The van der Waals surface area contributed by atoms with Crippen LogP contribution in [-0.2, 0) is 16.1 Å². The normalized spacial score (nSPS) is 18.0. The zero-order chi connectivity index (χ0) is 19.7. The molecule has 0 spiro atoms. The summed E-state index contributed by atoms with van der Waals surface area (Å²) in [5.74, 6) is 0.0256. The first-order valence-electron chi connectivity index (χ1n) is 9.83. The highest BCUT2D eigenvalue weighted by atomic mass is 16.2. The SMILES string of the molecule is O=C(Cn1c(=O)[nH]c(=O)c2ccccc21)N1CCC(C(=O)N2CCCC2)CC1. The number of aromatic nitrogens is 2. The summed E-state index contributed by atoms with van der Waals surface area (Å²) in [6, 6.07) is 6.75. The largest absolute Gasteiger partial charge is 0.342 e. The first kappa shape index (κ1) is 18.5. The zero-order valence-electron chi connectivity index (χ0n) is 15.7. The quantitative estimate of drug-likeness (QED) is 0.836. The van der Waals surface area contributed by atoms with Crippen molar-refractivity contribution in [3.8, 4) is 0 Å². The van der Waals surface area contributed by atoms with Crippen LogP contribution in [0.3, 0.4) is 0 Å². The second-order valence-electron chi connectivity index (χ2n) is 7.55. The number of piperidine rings is 1. The molecule has 1 N–H and O–H groups in total. The minimum atomic E-state index is -0.587. The molecule has 2 aromatic rings. The highest BCUT2D eigenvalue weighted by Crippen LogP contribution is 2.22. The molecule has 1 aromatic carbocycles. The minimum absolute atomic E-state index is 0.0150. The van der Waals surface area contributed by atoms with Gasteiger partial charge in [0.25, 0.3) is 5.56 Å². The highest BCUT2D eigenvalue weighted by molar-refractivity contribution is 5.82. The molecule has 2 saturated heterocycles. The smallest absolute Gasteiger partial charge is 0.329 e. The predicted octanol–water partition coefficient (Wildman–Crippen LogP) is 0.551. The van der Waals surface area contributed by atoms with Crippen LogP contribution >= 0.6 is 0 Å². The molecule has 1 aromatic heterocycles. The van der Waals surface area contributed by atoms with Gasteiger partial charge in [-0.2, -0.15) is 0 Å². The standard InChI is InChI=1S/C20H24N4O4/c25-17(13-24-16-6-2-1-5-15(16)18(26)21-20(24)28)22-11-7-14(8-12-22)19(27)23-9-3-4-10-23/h1-2,5-6,14H,3-4,7-13H2,(H,21,26,28). The summed E-state index contributed by atoms with van der Waals surface area (Å²) in [7, 11) is 0. The molecule has 2 aliphatic rings. The summed E-state index contributed by atoms with van der Waals surface area (Å²) in [5.41, 5.74) is -0.592. The third kappa shape index (κ3) is 3.46. The third-order valence-electron chi connectivity index (χ3n) is 5.81. The van der Waals surface area contributed by atoms with Crippen LogP contribution in [-0.4, -0.2) is 57.3 Å². The van der Waals surface area contributed by atoms with E-state index in [0.717, 1.165) is 25.9 Å². The van der Waals surface area contributed by atoms with Crippen LogP contribution in [0.1, 0.15) is 25.7 Å². The molecule has 148 valence electrons. The lowest BCUT2D eigenvalue weighted by atomic mass is 9.95. The van der Waals surface area contributed by atoms with Gasteiger partial charge in [0.05, 0.1) is 10.9 Å². The molecule has 2 aliphatic heterocycles. The number of H-pyrrole nitrogens is 1. The summed E-state index contributed by atoms with van der Waals surface area (Å²) < 4.78 is 1.31. The number of rotatable bonds is 3. The number of hydrogen-bond acceptors (Lipinski definition) is 4. The van der Waals surface area contributed by atoms with Crippen LogP contribution in [0.5, 0.6) is 0 Å². The first-order chi connectivity index (χ1) is 13.5. The fraction of sp³-hybridized carbons (Fsp3) is 0.500. The van der Waals surface area contributed by atoms with E-state index >= 15 is 0 Å². The van der Waals surface area contributed by atoms with E-state index in [1.807, 2.05) is 4.90 Å². The fourth-order valence-corrected chi connectivity index (χ4v) is 4.21. The van der Waals surface area contributed by atoms with E-state index in [2.05, 4.69) is 4.98 Å². The molecule has 4 rings (SSSR count). The lowest BCUT2D eigenvalue weighted by molar-refractivity contribution is -0.140. The average Bonchev–Trinajstić information content (AvgIpc) is 3.25. The van der Waals surface area contributed by atoms with E-state index in [1.54, 1.807) is 29.2 Å². The average molecular weight is 384 g/mol. The maximum Gasteiger partial charge on any atom is 0.329 e. The van der Waals surface area contributed by atoms with E-state index in [0.29, 0.717) is 36.8 Å². The molecule has 28 heavy (non-hydrogen) atoms. The number of fused-ring (bicyclic) bond motifs is 1. The van der Waals surface area contributed by atoms with Crippen LogP contribution in [0.2, 0.25) is 0 Å². The monoisotopic (exact) mass is 384 g/mol. The van der Waals surface area contributed by atoms with Crippen molar-refractivity contribution in [3.63, 3.8) is 0 Å². The number of nitrogens with zero attached hydrogens (tertiary/aromatic N) is 3. The number of aromatic amines is 1. The lowest BCUT2D eigenvalue weighted by Gasteiger charge is -2.33. The summed E-state index contributed by atoms with van der Waals surface area (Å²) in [6.07, 6.45) is 3.46. The van der Waals surface area contributed by atoms with Gasteiger partial charge in [-0.1, -0.05) is 12.1 Å². The van der Waals surface area contributed by atoms with E-state index in [-0.39, 0.29) is 24.3 Å². The zero-order valence-corrected chi connectivity index (χ0v) is 15.7. The molecule has 0 unspecified atom stereocenters. The number of hydrogen-bond donors (Lipinski definition) is 1. The Morgan fingerprint density at radius 3 is 2.36 bits per heavy atom. The van der Waals surface area contributed by atoms with Crippen LogP contribution in [0.15, 0.2) is 33.9 Å². The van der Waals surface area contributed by atoms with Crippen molar-refractivity contribution in [1.82, 2.24) is 19.4 Å². The number of carbonyl (C=O) groups is 2. The highest BCUT2D eigenvalue weighted by Gasteiger charge is 2.31. The predicted molar refractivity (Wildman–Crippen MR) is 104 cm³/mol. The van der Waals surface area contributed by atoms with Crippen molar-refractivity contribution in [2.24, 2.45) is 5.92 Å².